The number of halogens is 1. The Hall–Kier alpha value is -0.330. The van der Waals surface area contributed by atoms with Gasteiger partial charge in [0.25, 0.3) is 0 Å². The molecule has 18 heavy (non-hydrogen) atoms. The predicted octanol–water partition coefficient (Wildman–Crippen LogP) is 0.668. The van der Waals surface area contributed by atoms with E-state index in [9.17, 15) is 13.2 Å². The first-order valence-corrected chi connectivity index (χ1v) is 8.33. The second-order valence-corrected chi connectivity index (χ2v) is 7.04. The molecule has 0 radical (unpaired) electrons. The lowest BCUT2D eigenvalue weighted by molar-refractivity contribution is -0.131. The fourth-order valence-electron chi connectivity index (χ4n) is 2.07. The molecule has 1 aliphatic rings. The number of methoxy groups -OCH3 is 1. The Balaban J connectivity index is 2.74. The van der Waals surface area contributed by atoms with Crippen LogP contribution in [0.5, 0.6) is 0 Å². The summed E-state index contributed by atoms with van der Waals surface area (Å²) in [4.78, 5) is 13.7. The molecular weight excluding hydrogens is 278 g/mol. The summed E-state index contributed by atoms with van der Waals surface area (Å²) in [5.74, 6) is 0.0809. The van der Waals surface area contributed by atoms with E-state index in [0.717, 1.165) is 6.42 Å². The van der Waals surface area contributed by atoms with Crippen LogP contribution in [0.15, 0.2) is 0 Å². The third-order valence-corrected chi connectivity index (χ3v) is 5.42. The van der Waals surface area contributed by atoms with E-state index in [2.05, 4.69) is 0 Å². The molecule has 0 spiro atoms. The topological polar surface area (TPSA) is 63.7 Å². The summed E-state index contributed by atoms with van der Waals surface area (Å²) >= 11 is 5.65. The highest BCUT2D eigenvalue weighted by atomic mass is 35.5. The summed E-state index contributed by atoms with van der Waals surface area (Å²) in [5, 5.41) is -0.883. The Kier molecular flexibility index (Phi) is 6.38. The van der Waals surface area contributed by atoms with Gasteiger partial charge < -0.3 is 9.64 Å². The molecule has 7 heteroatoms. The summed E-state index contributed by atoms with van der Waals surface area (Å²) in [5.41, 5.74) is 0. The Bertz CT molecular complexity index is 371. The van der Waals surface area contributed by atoms with Crippen LogP contribution >= 0.6 is 11.6 Å². The van der Waals surface area contributed by atoms with E-state index in [1.165, 1.54) is 4.90 Å². The van der Waals surface area contributed by atoms with Crippen molar-refractivity contribution in [3.63, 3.8) is 0 Å². The van der Waals surface area contributed by atoms with Crippen molar-refractivity contribution < 1.29 is 17.9 Å². The molecule has 0 aromatic heterocycles. The Morgan fingerprint density at radius 1 is 1.39 bits per heavy atom. The molecule has 106 valence electrons. The summed E-state index contributed by atoms with van der Waals surface area (Å²) in [6, 6.07) is 0. The molecule has 5 nitrogen and oxygen atoms in total. The van der Waals surface area contributed by atoms with Gasteiger partial charge >= 0.3 is 0 Å². The van der Waals surface area contributed by atoms with Crippen LogP contribution in [-0.2, 0) is 19.4 Å². The van der Waals surface area contributed by atoms with Gasteiger partial charge in [0.2, 0.25) is 5.91 Å². The number of hydrogen-bond donors (Lipinski definition) is 0. The molecule has 1 heterocycles. The molecular formula is C11H20ClNO4S. The van der Waals surface area contributed by atoms with Crippen molar-refractivity contribution >= 4 is 27.3 Å². The average Bonchev–Trinajstić information content (AvgIpc) is 2.33. The van der Waals surface area contributed by atoms with Crippen LogP contribution in [0.1, 0.15) is 19.3 Å². The number of sulfone groups is 1. The minimum atomic E-state index is -3.29. The van der Waals surface area contributed by atoms with Crippen molar-refractivity contribution in [3.05, 3.63) is 0 Å². The summed E-state index contributed by atoms with van der Waals surface area (Å²) in [6.07, 6.45) is 1.86. The van der Waals surface area contributed by atoms with Gasteiger partial charge in [-0.25, -0.2) is 8.42 Å². The minimum Gasteiger partial charge on any atom is -0.383 e. The lowest BCUT2D eigenvalue weighted by Crippen LogP contribution is -2.47. The molecule has 0 aromatic carbocycles. The highest BCUT2D eigenvalue weighted by Crippen LogP contribution is 2.21. The summed E-state index contributed by atoms with van der Waals surface area (Å²) < 4.78 is 28.7. The quantitative estimate of drug-likeness (QED) is 0.676. The molecule has 1 amide bonds. The van der Waals surface area contributed by atoms with E-state index >= 15 is 0 Å². The Labute approximate surface area is 113 Å². The van der Waals surface area contributed by atoms with Crippen LogP contribution in [0, 0.1) is 0 Å². The van der Waals surface area contributed by atoms with Crippen molar-refractivity contribution in [2.45, 2.75) is 24.5 Å². The molecule has 1 aliphatic heterocycles. The van der Waals surface area contributed by atoms with E-state index in [0.29, 0.717) is 38.4 Å². The lowest BCUT2D eigenvalue weighted by Gasteiger charge is -2.28. The van der Waals surface area contributed by atoms with E-state index in [-0.39, 0.29) is 11.7 Å². The molecule has 0 saturated carbocycles. The number of carbonyl (C=O) groups excluding carboxylic acids is 1. The zero-order valence-corrected chi connectivity index (χ0v) is 12.2. The van der Waals surface area contributed by atoms with Crippen LogP contribution in [0.3, 0.4) is 0 Å². The first-order chi connectivity index (χ1) is 8.53. The molecule has 0 aromatic rings. The third-order valence-electron chi connectivity index (χ3n) is 3.09. The number of amides is 1. The Morgan fingerprint density at radius 2 is 2.11 bits per heavy atom. The van der Waals surface area contributed by atoms with Crippen molar-refractivity contribution in [1.29, 1.82) is 0 Å². The number of carbonyl (C=O) groups is 1. The van der Waals surface area contributed by atoms with Gasteiger partial charge in [0.1, 0.15) is 5.25 Å². The molecule has 1 rings (SSSR count). The summed E-state index contributed by atoms with van der Waals surface area (Å²) in [6.45, 7) is 1.12. The fourth-order valence-corrected chi connectivity index (χ4v) is 4.15. The van der Waals surface area contributed by atoms with Gasteiger partial charge in [0, 0.05) is 26.1 Å². The maximum atomic E-state index is 12.2. The highest BCUT2D eigenvalue weighted by molar-refractivity contribution is 7.92. The van der Waals surface area contributed by atoms with E-state index in [1.54, 1.807) is 7.11 Å². The number of hydrogen-bond acceptors (Lipinski definition) is 4. The number of rotatable bonds is 6. The van der Waals surface area contributed by atoms with Crippen molar-refractivity contribution in [1.82, 2.24) is 4.90 Å². The molecule has 0 bridgehead atoms. The first kappa shape index (κ1) is 15.7. The van der Waals surface area contributed by atoms with E-state index in [1.807, 2.05) is 0 Å². The van der Waals surface area contributed by atoms with Gasteiger partial charge in [0.15, 0.2) is 9.84 Å². The van der Waals surface area contributed by atoms with Gasteiger partial charge in [-0.05, 0) is 12.8 Å². The maximum Gasteiger partial charge on any atom is 0.241 e. The average molecular weight is 298 g/mol. The molecule has 0 aliphatic carbocycles. The molecule has 1 fully saturated rings. The molecule has 1 atom stereocenters. The smallest absolute Gasteiger partial charge is 0.241 e. The number of alkyl halides is 1. The zero-order valence-electron chi connectivity index (χ0n) is 10.6. The normalized spacial score (nSPS) is 22.7. The fraction of sp³-hybridized carbons (Fsp3) is 0.909. The largest absolute Gasteiger partial charge is 0.383 e. The van der Waals surface area contributed by atoms with Gasteiger partial charge in [-0.2, -0.15) is 0 Å². The van der Waals surface area contributed by atoms with Gasteiger partial charge in [-0.1, -0.05) is 6.42 Å². The van der Waals surface area contributed by atoms with Crippen molar-refractivity contribution in [2.24, 2.45) is 0 Å². The van der Waals surface area contributed by atoms with Crippen molar-refractivity contribution in [2.75, 3.05) is 38.4 Å². The van der Waals surface area contributed by atoms with Crippen LogP contribution in [0.2, 0.25) is 0 Å². The molecule has 1 saturated heterocycles. The first-order valence-electron chi connectivity index (χ1n) is 6.08. The minimum absolute atomic E-state index is 0.113. The monoisotopic (exact) mass is 297 g/mol. The second kappa shape index (κ2) is 7.31. The zero-order chi connectivity index (χ0) is 13.6. The third kappa shape index (κ3) is 4.10. The van der Waals surface area contributed by atoms with Crippen LogP contribution in [0.4, 0.5) is 0 Å². The van der Waals surface area contributed by atoms with E-state index < -0.39 is 15.1 Å². The number of ether oxygens (including phenoxy) is 1. The van der Waals surface area contributed by atoms with Crippen LogP contribution in [0.25, 0.3) is 0 Å². The SMILES string of the molecule is COCCN(CCCl)C(=O)C1CCCCS1(=O)=O. The second-order valence-electron chi connectivity index (χ2n) is 4.36. The van der Waals surface area contributed by atoms with Crippen molar-refractivity contribution in [3.8, 4) is 0 Å². The molecule has 0 N–H and O–H groups in total. The highest BCUT2D eigenvalue weighted by Gasteiger charge is 2.37. The van der Waals surface area contributed by atoms with Gasteiger partial charge in [-0.3, -0.25) is 4.79 Å². The Morgan fingerprint density at radius 3 is 2.67 bits per heavy atom. The summed E-state index contributed by atoms with van der Waals surface area (Å²) in [7, 11) is -1.74. The standard InChI is InChI=1S/C11H20ClNO4S/c1-17-8-7-13(6-5-12)11(14)10-4-2-3-9-18(10,15)16/h10H,2-9H2,1H3. The van der Waals surface area contributed by atoms with E-state index in [4.69, 9.17) is 16.3 Å². The van der Waals surface area contributed by atoms with Gasteiger partial charge in [-0.15, -0.1) is 11.6 Å². The predicted molar refractivity (Wildman–Crippen MR) is 70.6 cm³/mol. The number of nitrogens with zero attached hydrogens (tertiary/aromatic N) is 1. The van der Waals surface area contributed by atoms with Gasteiger partial charge in [0.05, 0.1) is 12.4 Å². The molecule has 1 unspecified atom stereocenters. The van der Waals surface area contributed by atoms with Crippen LogP contribution < -0.4 is 0 Å². The lowest BCUT2D eigenvalue weighted by atomic mass is 10.1. The van der Waals surface area contributed by atoms with Crippen LogP contribution in [-0.4, -0.2) is 62.9 Å². The maximum absolute atomic E-state index is 12.2.